The fourth-order valence-electron chi connectivity index (χ4n) is 4.25. The first-order valence-electron chi connectivity index (χ1n) is 9.64. The molecule has 1 N–H and O–H groups in total. The molecule has 3 rings (SSSR count). The number of nitrogens with one attached hydrogen (secondary N) is 1. The normalized spacial score (nSPS) is 22.8. The van der Waals surface area contributed by atoms with Crippen LogP contribution in [-0.4, -0.2) is 41.6 Å². The average molecular weight is 353 g/mol. The number of aryl methyl sites for hydroxylation is 2. The summed E-state index contributed by atoms with van der Waals surface area (Å²) >= 11 is 0. The fourth-order valence-corrected chi connectivity index (χ4v) is 4.25. The maximum absolute atomic E-state index is 12.9. The first-order valence-corrected chi connectivity index (χ1v) is 9.64. The lowest BCUT2D eigenvalue weighted by Crippen LogP contribution is -2.56. The maximum Gasteiger partial charge on any atom is 0.279 e. The molecule has 2 unspecified atom stereocenters. The van der Waals surface area contributed by atoms with Gasteiger partial charge in [-0.15, -0.1) is 0 Å². The topological polar surface area (TPSA) is 42.0 Å². The Labute approximate surface area is 156 Å². The molecule has 2 aromatic rings. The zero-order valence-electron chi connectivity index (χ0n) is 16.2. The summed E-state index contributed by atoms with van der Waals surface area (Å²) in [5.41, 5.74) is 4.51. The summed E-state index contributed by atoms with van der Waals surface area (Å²) in [4.78, 5) is 17.1. The molecule has 1 aromatic carbocycles. The van der Waals surface area contributed by atoms with Gasteiger partial charge in [0, 0.05) is 24.0 Å². The van der Waals surface area contributed by atoms with Gasteiger partial charge in [-0.3, -0.25) is 9.78 Å². The van der Waals surface area contributed by atoms with Crippen LogP contribution in [0.15, 0.2) is 42.7 Å². The minimum atomic E-state index is 0.121. The van der Waals surface area contributed by atoms with Crippen LogP contribution in [0.25, 0.3) is 0 Å². The highest BCUT2D eigenvalue weighted by molar-refractivity contribution is 5.93. The highest BCUT2D eigenvalue weighted by Crippen LogP contribution is 2.31. The predicted octanol–water partition coefficient (Wildman–Crippen LogP) is 4.05. The summed E-state index contributed by atoms with van der Waals surface area (Å²) in [6, 6.07) is 10.3. The third-order valence-electron chi connectivity index (χ3n) is 5.84. The van der Waals surface area contributed by atoms with Gasteiger partial charge in [0.1, 0.15) is 0 Å². The largest absolute Gasteiger partial charge is 0.321 e. The summed E-state index contributed by atoms with van der Waals surface area (Å²) in [5.74, 6) is 0.612. The van der Waals surface area contributed by atoms with E-state index in [9.17, 15) is 4.79 Å². The van der Waals surface area contributed by atoms with Gasteiger partial charge < -0.3 is 9.80 Å². The molecule has 0 bridgehead atoms. The van der Waals surface area contributed by atoms with Gasteiger partial charge in [0.05, 0.1) is 19.6 Å². The molecule has 0 radical (unpaired) electrons. The van der Waals surface area contributed by atoms with Crippen LogP contribution in [0.3, 0.4) is 0 Å². The number of nitrogens with zero attached hydrogens (tertiary/aromatic N) is 2. The van der Waals surface area contributed by atoms with Crippen LogP contribution < -0.4 is 5.32 Å². The van der Waals surface area contributed by atoms with Crippen molar-refractivity contribution in [2.45, 2.75) is 39.5 Å². The highest BCUT2D eigenvalue weighted by Gasteiger charge is 2.36. The number of piperidine rings is 1. The van der Waals surface area contributed by atoms with Crippen LogP contribution >= 0.6 is 0 Å². The van der Waals surface area contributed by atoms with Gasteiger partial charge in [0.25, 0.3) is 5.91 Å². The van der Waals surface area contributed by atoms with E-state index in [-0.39, 0.29) is 5.91 Å². The number of carbonyl (C=O) groups excluding carboxylic acids is 1. The van der Waals surface area contributed by atoms with Crippen molar-refractivity contribution in [2.75, 3.05) is 31.5 Å². The second-order valence-corrected chi connectivity index (χ2v) is 7.66. The molecule has 1 aliphatic rings. The summed E-state index contributed by atoms with van der Waals surface area (Å²) < 4.78 is 0.857. The molecule has 2 atom stereocenters. The average Bonchev–Trinajstić information content (AvgIpc) is 2.66. The number of para-hydroxylation sites is 1. The van der Waals surface area contributed by atoms with Crippen molar-refractivity contribution < 1.29 is 9.28 Å². The number of hydrogen-bond donors (Lipinski definition) is 1. The Bertz CT molecular complexity index is 739. The van der Waals surface area contributed by atoms with Crippen molar-refractivity contribution in [2.24, 2.45) is 0 Å². The number of quaternary nitrogens is 1. The smallest absolute Gasteiger partial charge is 0.279 e. The molecule has 1 amide bonds. The third kappa shape index (κ3) is 4.13. The van der Waals surface area contributed by atoms with Gasteiger partial charge in [0.2, 0.25) is 0 Å². The molecule has 0 saturated carbocycles. The molecule has 1 aromatic heterocycles. The van der Waals surface area contributed by atoms with Crippen molar-refractivity contribution in [3.63, 3.8) is 0 Å². The van der Waals surface area contributed by atoms with Crippen LogP contribution in [0.4, 0.5) is 5.69 Å². The molecular formula is C22H30N3O+. The SMILES string of the molecule is CC[N+]1(CC(=O)Nc2c(C)cccc2C)CCCC(c2cccnc2)C1. The van der Waals surface area contributed by atoms with E-state index in [0.29, 0.717) is 12.5 Å². The molecule has 1 aliphatic heterocycles. The number of aromatic nitrogens is 1. The van der Waals surface area contributed by atoms with Crippen molar-refractivity contribution in [1.82, 2.24) is 4.98 Å². The Morgan fingerprint density at radius 3 is 2.65 bits per heavy atom. The minimum absolute atomic E-state index is 0.121. The number of rotatable bonds is 5. The quantitative estimate of drug-likeness (QED) is 0.825. The lowest BCUT2D eigenvalue weighted by atomic mass is 9.90. The maximum atomic E-state index is 12.9. The van der Waals surface area contributed by atoms with E-state index in [1.165, 1.54) is 12.0 Å². The molecule has 4 nitrogen and oxygen atoms in total. The van der Waals surface area contributed by atoms with Crippen molar-refractivity contribution in [3.8, 4) is 0 Å². The number of pyridine rings is 1. The summed E-state index contributed by atoms with van der Waals surface area (Å²) in [5, 5.41) is 3.17. The van der Waals surface area contributed by atoms with Gasteiger partial charge in [-0.05, 0) is 56.4 Å². The van der Waals surface area contributed by atoms with E-state index in [0.717, 1.165) is 47.4 Å². The van der Waals surface area contributed by atoms with E-state index in [1.54, 1.807) is 0 Å². The second kappa shape index (κ2) is 8.00. The van der Waals surface area contributed by atoms with Gasteiger partial charge in [-0.25, -0.2) is 0 Å². The minimum Gasteiger partial charge on any atom is -0.321 e. The lowest BCUT2D eigenvalue weighted by Gasteiger charge is -2.43. The number of carbonyl (C=O) groups is 1. The Morgan fingerprint density at radius 2 is 2.00 bits per heavy atom. The van der Waals surface area contributed by atoms with Crippen LogP contribution in [0, 0.1) is 13.8 Å². The predicted molar refractivity (Wildman–Crippen MR) is 106 cm³/mol. The van der Waals surface area contributed by atoms with Crippen molar-refractivity contribution in [1.29, 1.82) is 0 Å². The first-order chi connectivity index (χ1) is 12.5. The van der Waals surface area contributed by atoms with Crippen LogP contribution in [-0.2, 0) is 4.79 Å². The Balaban J connectivity index is 1.72. The summed E-state index contributed by atoms with van der Waals surface area (Å²) in [7, 11) is 0. The number of likely N-dealkylation sites (tertiary alicyclic amines) is 1. The number of amides is 1. The molecule has 26 heavy (non-hydrogen) atoms. The number of likely N-dealkylation sites (N-methyl/N-ethyl adjacent to an activating group) is 1. The molecule has 1 fully saturated rings. The third-order valence-corrected chi connectivity index (χ3v) is 5.84. The molecule has 138 valence electrons. The number of anilines is 1. The molecule has 0 spiro atoms. The van der Waals surface area contributed by atoms with Gasteiger partial charge >= 0.3 is 0 Å². The van der Waals surface area contributed by atoms with E-state index >= 15 is 0 Å². The van der Waals surface area contributed by atoms with E-state index in [4.69, 9.17) is 0 Å². The zero-order valence-corrected chi connectivity index (χ0v) is 16.2. The summed E-state index contributed by atoms with van der Waals surface area (Å²) in [6.07, 6.45) is 6.15. The monoisotopic (exact) mass is 352 g/mol. The number of hydrogen-bond acceptors (Lipinski definition) is 2. The zero-order chi connectivity index (χ0) is 18.6. The molecule has 2 heterocycles. The van der Waals surface area contributed by atoms with Gasteiger partial charge in [-0.2, -0.15) is 0 Å². The second-order valence-electron chi connectivity index (χ2n) is 7.66. The molecule has 1 saturated heterocycles. The lowest BCUT2D eigenvalue weighted by molar-refractivity contribution is -0.924. The fraction of sp³-hybridized carbons (Fsp3) is 0.455. The first kappa shape index (κ1) is 18.6. The van der Waals surface area contributed by atoms with E-state index in [2.05, 4.69) is 23.3 Å². The number of benzene rings is 1. The van der Waals surface area contributed by atoms with Crippen molar-refractivity contribution in [3.05, 3.63) is 59.4 Å². The van der Waals surface area contributed by atoms with E-state index < -0.39 is 0 Å². The molecule has 4 heteroatoms. The Hall–Kier alpha value is -2.20. The van der Waals surface area contributed by atoms with Gasteiger partial charge in [0.15, 0.2) is 6.54 Å². The van der Waals surface area contributed by atoms with Crippen LogP contribution in [0.1, 0.15) is 42.4 Å². The van der Waals surface area contributed by atoms with Crippen LogP contribution in [0.5, 0.6) is 0 Å². The summed E-state index contributed by atoms with van der Waals surface area (Å²) in [6.45, 7) is 9.92. The molecule has 0 aliphatic carbocycles. The van der Waals surface area contributed by atoms with Crippen molar-refractivity contribution >= 4 is 11.6 Å². The Morgan fingerprint density at radius 1 is 1.23 bits per heavy atom. The standard InChI is InChI=1S/C22H29N3O/c1-4-25(13-7-11-20(15-25)19-10-6-12-23-14-19)16-21(26)24-22-17(2)8-5-9-18(22)3/h5-6,8-10,12,14,20H,4,7,11,13,15-16H2,1-3H3/p+1. The van der Waals surface area contributed by atoms with Crippen LogP contribution in [0.2, 0.25) is 0 Å². The molecular weight excluding hydrogens is 322 g/mol. The highest BCUT2D eigenvalue weighted by atomic mass is 16.2. The van der Waals surface area contributed by atoms with Gasteiger partial charge in [-0.1, -0.05) is 24.3 Å². The van der Waals surface area contributed by atoms with E-state index in [1.807, 2.05) is 50.5 Å². The Kier molecular flexibility index (Phi) is 5.72.